The van der Waals surface area contributed by atoms with Gasteiger partial charge in [0.25, 0.3) is 17.1 Å². The van der Waals surface area contributed by atoms with E-state index >= 15 is 0 Å². The lowest BCUT2D eigenvalue weighted by molar-refractivity contribution is -0.404. The van der Waals surface area contributed by atoms with Crippen LogP contribution in [0.5, 0.6) is 0 Å². The SMILES string of the molecule is CC(OC(=O)C1(N)CCCCC1)c1c([N+](=O)[O-])cc([N+](=O)[O-])cc1[N+](=O)[O-]. The van der Waals surface area contributed by atoms with Crippen LogP contribution in [0.15, 0.2) is 12.1 Å². The van der Waals surface area contributed by atoms with Crippen molar-refractivity contribution in [2.75, 3.05) is 0 Å². The molecule has 0 saturated heterocycles. The van der Waals surface area contributed by atoms with Crippen molar-refractivity contribution < 1.29 is 24.3 Å². The van der Waals surface area contributed by atoms with E-state index in [-0.39, 0.29) is 0 Å². The molecular formula is C15H18N4O8. The van der Waals surface area contributed by atoms with Crippen LogP contribution in [0, 0.1) is 30.3 Å². The summed E-state index contributed by atoms with van der Waals surface area (Å²) < 4.78 is 5.22. The van der Waals surface area contributed by atoms with Crippen molar-refractivity contribution in [1.82, 2.24) is 0 Å². The number of carbonyl (C=O) groups excluding carboxylic acids is 1. The number of non-ortho nitro benzene ring substituents is 1. The van der Waals surface area contributed by atoms with Crippen molar-refractivity contribution in [2.45, 2.75) is 50.7 Å². The quantitative estimate of drug-likeness (QED) is 0.439. The fourth-order valence-electron chi connectivity index (χ4n) is 3.16. The first kappa shape index (κ1) is 20.2. The van der Waals surface area contributed by atoms with Gasteiger partial charge in [-0.25, -0.2) is 0 Å². The third-order valence-corrected chi connectivity index (χ3v) is 4.57. The summed E-state index contributed by atoms with van der Waals surface area (Å²) in [5.41, 5.74) is 1.73. The summed E-state index contributed by atoms with van der Waals surface area (Å²) in [6.45, 7) is 1.23. The zero-order valence-corrected chi connectivity index (χ0v) is 14.5. The topological polar surface area (TPSA) is 182 Å². The van der Waals surface area contributed by atoms with Gasteiger partial charge in [0, 0.05) is 0 Å². The molecule has 0 amide bonds. The highest BCUT2D eigenvalue weighted by molar-refractivity contribution is 5.81. The minimum absolute atomic E-state index is 0.378. The maximum atomic E-state index is 12.4. The highest BCUT2D eigenvalue weighted by Crippen LogP contribution is 2.40. The van der Waals surface area contributed by atoms with E-state index in [9.17, 15) is 35.1 Å². The summed E-state index contributed by atoms with van der Waals surface area (Å²) in [6, 6.07) is 1.21. The van der Waals surface area contributed by atoms with E-state index in [1.165, 1.54) is 6.92 Å². The molecule has 1 aliphatic carbocycles. The van der Waals surface area contributed by atoms with E-state index in [4.69, 9.17) is 10.5 Å². The highest BCUT2D eigenvalue weighted by Gasteiger charge is 2.40. The van der Waals surface area contributed by atoms with Crippen LogP contribution < -0.4 is 5.73 Å². The molecule has 0 aliphatic heterocycles. The van der Waals surface area contributed by atoms with Gasteiger partial charge in [-0.15, -0.1) is 0 Å². The lowest BCUT2D eigenvalue weighted by Crippen LogP contribution is -2.50. The van der Waals surface area contributed by atoms with Crippen LogP contribution in [-0.4, -0.2) is 26.3 Å². The predicted molar refractivity (Wildman–Crippen MR) is 90.9 cm³/mol. The summed E-state index contributed by atoms with van der Waals surface area (Å²) in [5, 5.41) is 33.6. The van der Waals surface area contributed by atoms with Gasteiger partial charge in [-0.2, -0.15) is 0 Å². The average molecular weight is 382 g/mol. The van der Waals surface area contributed by atoms with Gasteiger partial charge >= 0.3 is 5.97 Å². The molecule has 1 aliphatic rings. The van der Waals surface area contributed by atoms with E-state index in [1.807, 2.05) is 0 Å². The number of carbonyl (C=O) groups is 1. The summed E-state index contributed by atoms with van der Waals surface area (Å²) in [5.74, 6) is -0.809. The number of esters is 1. The van der Waals surface area contributed by atoms with Gasteiger partial charge < -0.3 is 10.5 Å². The number of nitro groups is 3. The molecule has 0 bridgehead atoms. The average Bonchev–Trinajstić information content (AvgIpc) is 2.60. The predicted octanol–water partition coefficient (Wildman–Crippen LogP) is 2.68. The summed E-state index contributed by atoms with van der Waals surface area (Å²) in [4.78, 5) is 43.1. The third kappa shape index (κ3) is 4.16. The molecule has 1 aromatic rings. The minimum Gasteiger partial charge on any atom is -0.456 e. The number of benzene rings is 1. The van der Waals surface area contributed by atoms with Crippen molar-refractivity contribution in [3.63, 3.8) is 0 Å². The molecule has 0 radical (unpaired) electrons. The second kappa shape index (κ2) is 7.61. The zero-order valence-electron chi connectivity index (χ0n) is 14.5. The van der Waals surface area contributed by atoms with Crippen LogP contribution in [0.1, 0.15) is 50.7 Å². The Bertz CT molecular complexity index is 768. The van der Waals surface area contributed by atoms with Crippen molar-refractivity contribution in [3.05, 3.63) is 48.0 Å². The fraction of sp³-hybridized carbons (Fsp3) is 0.533. The monoisotopic (exact) mass is 382 g/mol. The number of rotatable bonds is 6. The van der Waals surface area contributed by atoms with Gasteiger partial charge in [0.15, 0.2) is 0 Å². The minimum atomic E-state index is -1.39. The third-order valence-electron chi connectivity index (χ3n) is 4.57. The molecule has 146 valence electrons. The molecule has 12 heteroatoms. The molecule has 0 heterocycles. The lowest BCUT2D eigenvalue weighted by Gasteiger charge is -2.31. The molecule has 2 rings (SSSR count). The van der Waals surface area contributed by atoms with E-state index in [1.54, 1.807) is 0 Å². The summed E-state index contributed by atoms with van der Waals surface area (Å²) in [6.07, 6.45) is 1.73. The van der Waals surface area contributed by atoms with Crippen LogP contribution >= 0.6 is 0 Å². The Morgan fingerprint density at radius 1 is 1.04 bits per heavy atom. The lowest BCUT2D eigenvalue weighted by atomic mass is 9.82. The molecule has 1 aromatic carbocycles. The molecule has 1 unspecified atom stereocenters. The molecule has 1 atom stereocenters. The van der Waals surface area contributed by atoms with E-state index in [0.29, 0.717) is 25.0 Å². The highest BCUT2D eigenvalue weighted by atomic mass is 16.6. The number of ether oxygens (including phenoxy) is 1. The molecule has 1 saturated carbocycles. The Balaban J connectivity index is 2.45. The normalized spacial score (nSPS) is 17.0. The van der Waals surface area contributed by atoms with Crippen LogP contribution in [-0.2, 0) is 9.53 Å². The van der Waals surface area contributed by atoms with Gasteiger partial charge in [-0.3, -0.25) is 35.1 Å². The van der Waals surface area contributed by atoms with Gasteiger partial charge in [0.2, 0.25) is 0 Å². The van der Waals surface area contributed by atoms with Gasteiger partial charge in [0.05, 0.1) is 26.9 Å². The zero-order chi connectivity index (χ0) is 20.4. The Hall–Kier alpha value is -3.15. The number of hydrogen-bond acceptors (Lipinski definition) is 9. The largest absolute Gasteiger partial charge is 0.456 e. The Kier molecular flexibility index (Phi) is 5.69. The van der Waals surface area contributed by atoms with Crippen molar-refractivity contribution >= 4 is 23.0 Å². The maximum absolute atomic E-state index is 12.4. The second-order valence-corrected chi connectivity index (χ2v) is 6.43. The smallest absolute Gasteiger partial charge is 0.326 e. The summed E-state index contributed by atoms with van der Waals surface area (Å²) in [7, 11) is 0. The summed E-state index contributed by atoms with van der Waals surface area (Å²) >= 11 is 0. The van der Waals surface area contributed by atoms with Crippen LogP contribution in [0.2, 0.25) is 0 Å². The van der Waals surface area contributed by atoms with Gasteiger partial charge in [-0.05, 0) is 19.8 Å². The van der Waals surface area contributed by atoms with Crippen LogP contribution in [0.4, 0.5) is 17.1 Å². The number of nitrogens with two attached hydrogens (primary N) is 1. The van der Waals surface area contributed by atoms with Crippen molar-refractivity contribution in [3.8, 4) is 0 Å². The van der Waals surface area contributed by atoms with E-state index < -0.39 is 55.0 Å². The molecule has 0 spiro atoms. The molecular weight excluding hydrogens is 364 g/mol. The number of nitrogens with zero attached hydrogens (tertiary/aromatic N) is 3. The maximum Gasteiger partial charge on any atom is 0.326 e. The molecule has 0 aromatic heterocycles. The Labute approximate surface area is 152 Å². The van der Waals surface area contributed by atoms with E-state index in [0.717, 1.165) is 19.3 Å². The first-order valence-corrected chi connectivity index (χ1v) is 8.18. The second-order valence-electron chi connectivity index (χ2n) is 6.43. The molecule has 1 fully saturated rings. The Morgan fingerprint density at radius 2 is 1.52 bits per heavy atom. The standard InChI is InChI=1S/C15H18N4O8/c1-9(27-14(20)15(16)5-3-2-4-6-15)13-11(18(23)24)7-10(17(21)22)8-12(13)19(25)26/h7-9H,2-6,16H2,1H3. The number of nitro benzene ring substituents is 3. The number of hydrogen-bond donors (Lipinski definition) is 1. The first-order valence-electron chi connectivity index (χ1n) is 8.18. The van der Waals surface area contributed by atoms with Crippen molar-refractivity contribution in [2.24, 2.45) is 5.73 Å². The van der Waals surface area contributed by atoms with Crippen LogP contribution in [0.25, 0.3) is 0 Å². The van der Waals surface area contributed by atoms with E-state index in [2.05, 4.69) is 0 Å². The van der Waals surface area contributed by atoms with Crippen LogP contribution in [0.3, 0.4) is 0 Å². The Morgan fingerprint density at radius 3 is 1.93 bits per heavy atom. The fourth-order valence-corrected chi connectivity index (χ4v) is 3.16. The molecule has 2 N–H and O–H groups in total. The molecule has 27 heavy (non-hydrogen) atoms. The van der Waals surface area contributed by atoms with Gasteiger partial charge in [-0.1, -0.05) is 19.3 Å². The van der Waals surface area contributed by atoms with Gasteiger partial charge in [0.1, 0.15) is 17.2 Å². The van der Waals surface area contributed by atoms with Crippen molar-refractivity contribution in [1.29, 1.82) is 0 Å². The molecule has 12 nitrogen and oxygen atoms in total. The first-order chi connectivity index (χ1) is 12.6.